The van der Waals surface area contributed by atoms with E-state index in [-0.39, 0.29) is 13.1 Å². The van der Waals surface area contributed by atoms with Gasteiger partial charge in [0, 0.05) is 30.8 Å². The molecule has 0 spiro atoms. The summed E-state index contributed by atoms with van der Waals surface area (Å²) in [6.07, 6.45) is 5.98. The van der Waals surface area contributed by atoms with E-state index in [0.717, 1.165) is 5.70 Å². The number of carbonyl (C=O) groups is 2. The highest BCUT2D eigenvalue weighted by Crippen LogP contribution is 2.30. The molecule has 140 valence electrons. The van der Waals surface area contributed by atoms with E-state index >= 15 is 0 Å². The van der Waals surface area contributed by atoms with Gasteiger partial charge in [-0.05, 0) is 25.8 Å². The molecule has 1 rings (SSSR count). The molecule has 0 heterocycles. The van der Waals surface area contributed by atoms with Crippen LogP contribution in [0.5, 0.6) is 11.5 Å². The minimum Gasteiger partial charge on any atom is -0.493 e. The van der Waals surface area contributed by atoms with Crippen molar-refractivity contribution in [1.82, 2.24) is 10.6 Å². The normalized spacial score (nSPS) is 11.1. The van der Waals surface area contributed by atoms with Crippen LogP contribution in [-0.2, 0) is 16.1 Å². The second kappa shape index (κ2) is 11.5. The van der Waals surface area contributed by atoms with E-state index in [1.807, 2.05) is 19.1 Å². The Kier molecular flexibility index (Phi) is 9.24. The molecule has 0 aliphatic heterocycles. The van der Waals surface area contributed by atoms with Gasteiger partial charge in [0.05, 0.1) is 14.2 Å². The Balaban J connectivity index is 2.53. The fourth-order valence-electron chi connectivity index (χ4n) is 2.16. The number of amides is 2. The smallest absolute Gasteiger partial charge is 0.309 e. The van der Waals surface area contributed by atoms with Gasteiger partial charge in [-0.15, -0.1) is 0 Å². The Bertz CT molecular complexity index is 696. The van der Waals surface area contributed by atoms with Gasteiger partial charge in [-0.2, -0.15) is 0 Å². The number of hydrogen-bond donors (Lipinski definition) is 2. The maximum absolute atomic E-state index is 11.9. The molecule has 1 aromatic rings. The third kappa shape index (κ3) is 6.43. The van der Waals surface area contributed by atoms with Crippen LogP contribution in [0.3, 0.4) is 0 Å². The van der Waals surface area contributed by atoms with Gasteiger partial charge in [0.15, 0.2) is 11.5 Å². The van der Waals surface area contributed by atoms with Crippen LogP contribution in [0.4, 0.5) is 0 Å². The second-order valence-corrected chi connectivity index (χ2v) is 5.18. The van der Waals surface area contributed by atoms with Crippen molar-refractivity contribution in [2.45, 2.75) is 19.9 Å². The molecule has 0 aliphatic carbocycles. The molecule has 2 N–H and O–H groups in total. The number of hydrogen-bond acceptors (Lipinski definition) is 5. The number of methoxy groups -OCH3 is 2. The zero-order valence-electron chi connectivity index (χ0n) is 15.4. The average Bonchev–Trinajstić information content (AvgIpc) is 2.67. The highest BCUT2D eigenvalue weighted by atomic mass is 16.5. The van der Waals surface area contributed by atoms with Crippen molar-refractivity contribution < 1.29 is 19.1 Å². The first kappa shape index (κ1) is 21.0. The minimum atomic E-state index is -0.722. The van der Waals surface area contributed by atoms with Crippen molar-refractivity contribution >= 4 is 18.5 Å². The number of nitrogens with zero attached hydrogens (tertiary/aromatic N) is 1. The molecule has 0 atom stereocenters. The van der Waals surface area contributed by atoms with Crippen LogP contribution < -0.4 is 20.1 Å². The van der Waals surface area contributed by atoms with Crippen LogP contribution in [0.25, 0.3) is 0 Å². The van der Waals surface area contributed by atoms with Crippen molar-refractivity contribution in [2.75, 3.05) is 20.8 Å². The maximum atomic E-state index is 11.9. The predicted molar refractivity (Wildman–Crippen MR) is 101 cm³/mol. The summed E-state index contributed by atoms with van der Waals surface area (Å²) in [6.45, 7) is 5.80. The van der Waals surface area contributed by atoms with Gasteiger partial charge in [0.2, 0.25) is 0 Å². The third-order valence-electron chi connectivity index (χ3n) is 3.48. The summed E-state index contributed by atoms with van der Waals surface area (Å²) in [5, 5.41) is 5.11. The van der Waals surface area contributed by atoms with Gasteiger partial charge in [0.1, 0.15) is 0 Å². The van der Waals surface area contributed by atoms with Gasteiger partial charge in [-0.1, -0.05) is 24.3 Å². The van der Waals surface area contributed by atoms with Gasteiger partial charge in [-0.25, -0.2) is 0 Å². The Morgan fingerprint density at radius 3 is 2.54 bits per heavy atom. The summed E-state index contributed by atoms with van der Waals surface area (Å²) < 4.78 is 10.5. The highest BCUT2D eigenvalue weighted by molar-refractivity contribution is 6.35. The lowest BCUT2D eigenvalue weighted by Crippen LogP contribution is -2.40. The number of carbonyl (C=O) groups excluding carboxylic acids is 2. The molecule has 0 radical (unpaired) electrons. The zero-order chi connectivity index (χ0) is 19.4. The van der Waals surface area contributed by atoms with Crippen molar-refractivity contribution in [3.8, 4) is 11.5 Å². The molecule has 0 saturated heterocycles. The Morgan fingerprint density at radius 2 is 1.92 bits per heavy atom. The quantitative estimate of drug-likeness (QED) is 0.401. The van der Waals surface area contributed by atoms with Crippen LogP contribution in [0.15, 0.2) is 47.1 Å². The van der Waals surface area contributed by atoms with E-state index in [4.69, 9.17) is 9.47 Å². The summed E-state index contributed by atoms with van der Waals surface area (Å²) >= 11 is 0. The lowest BCUT2D eigenvalue weighted by atomic mass is 10.2. The van der Waals surface area contributed by atoms with E-state index in [1.165, 1.54) is 14.2 Å². The highest BCUT2D eigenvalue weighted by Gasteiger charge is 2.15. The SMILES string of the molecule is C=N/C(=C\C=C/C)CCNC(=O)C(=O)NCc1cccc(OC)c1OC. The number of aliphatic imine (C=N–C) groups is 1. The van der Waals surface area contributed by atoms with E-state index in [2.05, 4.69) is 22.3 Å². The molecule has 0 fully saturated rings. The zero-order valence-corrected chi connectivity index (χ0v) is 15.4. The molecule has 0 aromatic heterocycles. The number of ether oxygens (including phenoxy) is 2. The van der Waals surface area contributed by atoms with E-state index in [1.54, 1.807) is 24.3 Å². The van der Waals surface area contributed by atoms with Crippen LogP contribution >= 0.6 is 0 Å². The summed E-state index contributed by atoms with van der Waals surface area (Å²) in [5.74, 6) is -0.352. The molecule has 0 aliphatic rings. The molecule has 7 heteroatoms. The lowest BCUT2D eigenvalue weighted by Gasteiger charge is -2.13. The Morgan fingerprint density at radius 1 is 1.19 bits per heavy atom. The van der Waals surface area contributed by atoms with E-state index < -0.39 is 11.8 Å². The summed E-state index contributed by atoms with van der Waals surface area (Å²) in [6, 6.07) is 5.32. The lowest BCUT2D eigenvalue weighted by molar-refractivity contribution is -0.139. The number of rotatable bonds is 9. The molecule has 2 amide bonds. The van der Waals surface area contributed by atoms with Gasteiger partial charge in [-0.3, -0.25) is 14.6 Å². The number of benzene rings is 1. The summed E-state index contributed by atoms with van der Waals surface area (Å²) in [7, 11) is 3.05. The first-order valence-corrected chi connectivity index (χ1v) is 8.11. The number of allylic oxidation sites excluding steroid dienone is 3. The summed E-state index contributed by atoms with van der Waals surface area (Å²) in [5.41, 5.74) is 1.44. The standard InChI is InChI=1S/C19H25N3O4/c1-5-6-9-15(20-2)11-12-21-18(23)19(24)22-13-14-8-7-10-16(25-3)17(14)26-4/h5-10H,2,11-13H2,1,3-4H3,(H,21,23)(H,22,24)/b6-5-,15-9-. The molecule has 0 unspecified atom stereocenters. The van der Waals surface area contributed by atoms with Crippen LogP contribution in [-0.4, -0.2) is 39.3 Å². The molecule has 7 nitrogen and oxygen atoms in total. The monoisotopic (exact) mass is 359 g/mol. The Hall–Kier alpha value is -3.09. The van der Waals surface area contributed by atoms with Crippen molar-refractivity contribution in [3.63, 3.8) is 0 Å². The second-order valence-electron chi connectivity index (χ2n) is 5.18. The van der Waals surface area contributed by atoms with Crippen molar-refractivity contribution in [3.05, 3.63) is 47.7 Å². The topological polar surface area (TPSA) is 89.0 Å². The first-order chi connectivity index (χ1) is 12.6. The Labute approximate surface area is 153 Å². The van der Waals surface area contributed by atoms with E-state index in [0.29, 0.717) is 23.5 Å². The predicted octanol–water partition coefficient (Wildman–Crippen LogP) is 1.99. The van der Waals surface area contributed by atoms with Crippen LogP contribution in [0, 0.1) is 0 Å². The molecule has 26 heavy (non-hydrogen) atoms. The molecular formula is C19H25N3O4. The maximum Gasteiger partial charge on any atom is 0.309 e. The fourth-order valence-corrected chi connectivity index (χ4v) is 2.16. The number of nitrogens with one attached hydrogen (secondary N) is 2. The molecular weight excluding hydrogens is 334 g/mol. The largest absolute Gasteiger partial charge is 0.493 e. The number of para-hydroxylation sites is 1. The third-order valence-corrected chi connectivity index (χ3v) is 3.48. The average molecular weight is 359 g/mol. The molecule has 1 aromatic carbocycles. The first-order valence-electron chi connectivity index (χ1n) is 8.11. The van der Waals surface area contributed by atoms with Gasteiger partial charge in [0.25, 0.3) is 0 Å². The fraction of sp³-hybridized carbons (Fsp3) is 0.316. The van der Waals surface area contributed by atoms with Crippen LogP contribution in [0.1, 0.15) is 18.9 Å². The van der Waals surface area contributed by atoms with Gasteiger partial charge >= 0.3 is 11.8 Å². The molecule has 0 saturated carbocycles. The minimum absolute atomic E-state index is 0.146. The van der Waals surface area contributed by atoms with Crippen molar-refractivity contribution in [1.29, 1.82) is 0 Å². The van der Waals surface area contributed by atoms with Gasteiger partial charge < -0.3 is 20.1 Å². The summed E-state index contributed by atoms with van der Waals surface area (Å²) in [4.78, 5) is 27.7. The molecule has 0 bridgehead atoms. The van der Waals surface area contributed by atoms with E-state index in [9.17, 15) is 9.59 Å². The van der Waals surface area contributed by atoms with Crippen LogP contribution in [0.2, 0.25) is 0 Å². The van der Waals surface area contributed by atoms with Crippen molar-refractivity contribution in [2.24, 2.45) is 4.99 Å².